The molecule has 0 bridgehead atoms. The number of hydrogen-bond acceptors (Lipinski definition) is 4. The summed E-state index contributed by atoms with van der Waals surface area (Å²) >= 11 is 6.35. The third-order valence-electron chi connectivity index (χ3n) is 6.22. The van der Waals surface area contributed by atoms with Gasteiger partial charge in [-0.1, -0.05) is 65.2 Å². The lowest BCUT2D eigenvalue weighted by molar-refractivity contribution is -0.139. The predicted molar refractivity (Wildman–Crippen MR) is 147 cm³/mol. The van der Waals surface area contributed by atoms with Crippen LogP contribution in [0, 0.1) is 20.8 Å². The number of amides is 2. The van der Waals surface area contributed by atoms with Crippen LogP contribution in [0.4, 0.5) is 5.69 Å². The SMILES string of the molecule is CNC(=O)[C@H](C)N(Cc1ccccc1Cl)C(=O)CN(c1ccc(C)cc1C)S(=O)(=O)c1ccc(C)cc1. The maximum atomic E-state index is 13.9. The zero-order valence-electron chi connectivity index (χ0n) is 21.7. The summed E-state index contributed by atoms with van der Waals surface area (Å²) in [6.45, 7) is 6.73. The third kappa shape index (κ3) is 6.50. The molecule has 3 aromatic rings. The normalized spacial score (nSPS) is 12.1. The summed E-state index contributed by atoms with van der Waals surface area (Å²) in [6, 6.07) is 18.0. The van der Waals surface area contributed by atoms with Gasteiger partial charge in [-0.3, -0.25) is 13.9 Å². The van der Waals surface area contributed by atoms with Gasteiger partial charge in [-0.25, -0.2) is 8.42 Å². The van der Waals surface area contributed by atoms with Crippen molar-refractivity contribution in [1.29, 1.82) is 0 Å². The second-order valence-corrected chi connectivity index (χ2v) is 11.3. The molecule has 0 spiro atoms. The number of nitrogens with one attached hydrogen (secondary N) is 1. The fraction of sp³-hybridized carbons (Fsp3) is 0.286. The van der Waals surface area contributed by atoms with Crippen LogP contribution in [0.1, 0.15) is 29.2 Å². The molecule has 0 saturated carbocycles. The Bertz CT molecular complexity index is 1390. The molecule has 0 aliphatic heterocycles. The van der Waals surface area contributed by atoms with Gasteiger partial charge in [-0.15, -0.1) is 0 Å². The van der Waals surface area contributed by atoms with Gasteiger partial charge in [-0.05, 0) is 63.1 Å². The number of rotatable bonds is 9. The number of halogens is 1. The Labute approximate surface area is 224 Å². The van der Waals surface area contributed by atoms with Crippen LogP contribution >= 0.6 is 11.6 Å². The molecule has 1 atom stereocenters. The van der Waals surface area contributed by atoms with Gasteiger partial charge in [0.15, 0.2) is 0 Å². The molecule has 3 rings (SSSR count). The number of carbonyl (C=O) groups is 2. The van der Waals surface area contributed by atoms with Gasteiger partial charge in [0, 0.05) is 18.6 Å². The molecule has 0 saturated heterocycles. The summed E-state index contributed by atoms with van der Waals surface area (Å²) in [7, 11) is -2.62. The van der Waals surface area contributed by atoms with E-state index in [4.69, 9.17) is 11.6 Å². The lowest BCUT2D eigenvalue weighted by Crippen LogP contribution is -2.50. The summed E-state index contributed by atoms with van der Waals surface area (Å²) in [6.07, 6.45) is 0. The van der Waals surface area contributed by atoms with Crippen molar-refractivity contribution in [2.24, 2.45) is 0 Å². The monoisotopic (exact) mass is 541 g/mol. The molecule has 0 fully saturated rings. The third-order valence-corrected chi connectivity index (χ3v) is 8.36. The molecule has 0 unspecified atom stereocenters. The van der Waals surface area contributed by atoms with E-state index >= 15 is 0 Å². The van der Waals surface area contributed by atoms with Crippen LogP contribution in [0.3, 0.4) is 0 Å². The first-order valence-corrected chi connectivity index (χ1v) is 13.7. The van der Waals surface area contributed by atoms with Crippen LogP contribution in [0.25, 0.3) is 0 Å². The van der Waals surface area contributed by atoms with Crippen molar-refractivity contribution in [3.63, 3.8) is 0 Å². The second kappa shape index (κ2) is 11.8. The molecular weight excluding hydrogens is 510 g/mol. The first-order chi connectivity index (χ1) is 17.4. The van der Waals surface area contributed by atoms with E-state index in [2.05, 4.69) is 5.32 Å². The summed E-state index contributed by atoms with van der Waals surface area (Å²) in [5.41, 5.74) is 3.63. The van der Waals surface area contributed by atoms with Crippen molar-refractivity contribution in [1.82, 2.24) is 10.2 Å². The van der Waals surface area contributed by atoms with Crippen molar-refractivity contribution >= 4 is 39.1 Å². The summed E-state index contributed by atoms with van der Waals surface area (Å²) < 4.78 is 28.8. The molecule has 0 radical (unpaired) electrons. The standard InChI is InChI=1S/C28H32ClN3O4S/c1-19-10-13-24(14-11-19)37(35,36)32(26-15-12-20(2)16-21(26)3)18-27(33)31(22(4)28(34)30-5)17-23-8-6-7-9-25(23)29/h6-16,22H,17-18H2,1-5H3,(H,30,34)/t22-/m0/s1. The molecular formula is C28H32ClN3O4S. The Kier molecular flexibility index (Phi) is 8.99. The Morgan fingerprint density at radius 3 is 2.16 bits per heavy atom. The number of aryl methyl sites for hydroxylation is 3. The number of carbonyl (C=O) groups excluding carboxylic acids is 2. The Morgan fingerprint density at radius 1 is 0.946 bits per heavy atom. The minimum Gasteiger partial charge on any atom is -0.357 e. The van der Waals surface area contributed by atoms with Gasteiger partial charge in [-0.2, -0.15) is 0 Å². The summed E-state index contributed by atoms with van der Waals surface area (Å²) in [5, 5.41) is 3.01. The topological polar surface area (TPSA) is 86.8 Å². The highest BCUT2D eigenvalue weighted by Gasteiger charge is 2.33. The highest BCUT2D eigenvalue weighted by molar-refractivity contribution is 7.92. The van der Waals surface area contributed by atoms with Crippen molar-refractivity contribution in [2.75, 3.05) is 17.9 Å². The number of benzene rings is 3. The van der Waals surface area contributed by atoms with Gasteiger partial charge in [0.25, 0.3) is 10.0 Å². The molecule has 196 valence electrons. The smallest absolute Gasteiger partial charge is 0.264 e. The Balaban J connectivity index is 2.08. The molecule has 0 aliphatic carbocycles. The predicted octanol–water partition coefficient (Wildman–Crippen LogP) is 4.62. The van der Waals surface area contributed by atoms with E-state index in [1.165, 1.54) is 24.1 Å². The maximum Gasteiger partial charge on any atom is 0.264 e. The Hall–Kier alpha value is -3.36. The van der Waals surface area contributed by atoms with Crippen LogP contribution in [-0.2, 0) is 26.2 Å². The van der Waals surface area contributed by atoms with E-state index in [1.54, 1.807) is 62.4 Å². The molecule has 3 aromatic carbocycles. The first-order valence-electron chi connectivity index (χ1n) is 11.9. The van der Waals surface area contributed by atoms with Gasteiger partial charge >= 0.3 is 0 Å². The highest BCUT2D eigenvalue weighted by Crippen LogP contribution is 2.28. The van der Waals surface area contributed by atoms with Gasteiger partial charge in [0.1, 0.15) is 12.6 Å². The van der Waals surface area contributed by atoms with Gasteiger partial charge in [0.05, 0.1) is 10.6 Å². The minimum absolute atomic E-state index is 0.0401. The molecule has 1 N–H and O–H groups in total. The fourth-order valence-electron chi connectivity index (χ4n) is 4.04. The van der Waals surface area contributed by atoms with Crippen molar-refractivity contribution < 1.29 is 18.0 Å². The maximum absolute atomic E-state index is 13.9. The zero-order valence-corrected chi connectivity index (χ0v) is 23.2. The van der Waals surface area contributed by atoms with E-state index in [1.807, 2.05) is 19.9 Å². The van der Waals surface area contributed by atoms with Crippen molar-refractivity contribution in [3.05, 3.63) is 94.0 Å². The lowest BCUT2D eigenvalue weighted by Gasteiger charge is -2.32. The number of hydrogen-bond donors (Lipinski definition) is 1. The van der Waals surface area contributed by atoms with E-state index in [9.17, 15) is 18.0 Å². The molecule has 0 aliphatic rings. The average Bonchev–Trinajstić information content (AvgIpc) is 2.86. The first kappa shape index (κ1) is 28.2. The average molecular weight is 542 g/mol. The van der Waals surface area contributed by atoms with Crippen LogP contribution in [0.15, 0.2) is 71.6 Å². The van der Waals surface area contributed by atoms with E-state index in [-0.39, 0.29) is 17.3 Å². The molecule has 37 heavy (non-hydrogen) atoms. The van der Waals surface area contributed by atoms with Crippen molar-refractivity contribution in [2.45, 2.75) is 45.2 Å². The number of likely N-dealkylation sites (N-methyl/N-ethyl adjacent to an activating group) is 1. The molecule has 7 nitrogen and oxygen atoms in total. The Morgan fingerprint density at radius 2 is 1.57 bits per heavy atom. The summed E-state index contributed by atoms with van der Waals surface area (Å²) in [5.74, 6) is -0.911. The molecule has 0 aromatic heterocycles. The summed E-state index contributed by atoms with van der Waals surface area (Å²) in [4.78, 5) is 27.8. The van der Waals surface area contributed by atoms with Crippen LogP contribution in [0.5, 0.6) is 0 Å². The largest absolute Gasteiger partial charge is 0.357 e. The second-order valence-electron chi connectivity index (χ2n) is 9.02. The fourth-order valence-corrected chi connectivity index (χ4v) is 5.71. The lowest BCUT2D eigenvalue weighted by atomic mass is 10.1. The molecule has 9 heteroatoms. The number of nitrogens with zero attached hydrogens (tertiary/aromatic N) is 2. The highest BCUT2D eigenvalue weighted by atomic mass is 35.5. The van der Waals surface area contributed by atoms with Crippen LogP contribution in [-0.4, -0.2) is 44.8 Å². The van der Waals surface area contributed by atoms with Crippen LogP contribution < -0.4 is 9.62 Å². The van der Waals surface area contributed by atoms with E-state index < -0.39 is 28.5 Å². The number of anilines is 1. The molecule has 2 amide bonds. The molecule has 0 heterocycles. The minimum atomic E-state index is -4.11. The van der Waals surface area contributed by atoms with E-state index in [0.29, 0.717) is 21.8 Å². The number of sulfonamides is 1. The zero-order chi connectivity index (χ0) is 27.3. The van der Waals surface area contributed by atoms with Crippen LogP contribution in [0.2, 0.25) is 5.02 Å². The van der Waals surface area contributed by atoms with Gasteiger partial charge in [0.2, 0.25) is 11.8 Å². The van der Waals surface area contributed by atoms with Crippen molar-refractivity contribution in [3.8, 4) is 0 Å². The van der Waals surface area contributed by atoms with Gasteiger partial charge < -0.3 is 10.2 Å². The van der Waals surface area contributed by atoms with E-state index in [0.717, 1.165) is 15.4 Å². The quantitative estimate of drug-likeness (QED) is 0.428.